The molecule has 0 saturated heterocycles. The normalized spacial score (nSPS) is 23.8. The monoisotopic (exact) mass is 459 g/mol. The molecule has 3 aromatic rings. The van der Waals surface area contributed by atoms with Gasteiger partial charge in [-0.25, -0.2) is 9.18 Å². The largest absolute Gasteiger partial charge is 0.450 e. The zero-order valence-corrected chi connectivity index (χ0v) is 19.3. The van der Waals surface area contributed by atoms with Crippen molar-refractivity contribution in [1.82, 2.24) is 15.3 Å². The minimum Gasteiger partial charge on any atom is -0.450 e. The number of alkyl carbamates (subject to hydrolysis) is 1. The van der Waals surface area contributed by atoms with Crippen LogP contribution in [0.1, 0.15) is 48.9 Å². The number of nitrogens with zero attached hydrogens (tertiary/aromatic N) is 1. The lowest BCUT2D eigenvalue weighted by molar-refractivity contribution is 0.129. The van der Waals surface area contributed by atoms with Gasteiger partial charge in [0.2, 0.25) is 0 Å². The first kappa shape index (κ1) is 22.4. The van der Waals surface area contributed by atoms with E-state index < -0.39 is 0 Å². The lowest BCUT2D eigenvalue weighted by atomic mass is 9.63. The Morgan fingerprint density at radius 3 is 2.94 bits per heavy atom. The molecule has 2 aliphatic rings. The number of aromatic amines is 1. The number of rotatable bonds is 5. The van der Waals surface area contributed by atoms with Crippen LogP contribution in [0.3, 0.4) is 0 Å². The van der Waals surface area contributed by atoms with Crippen molar-refractivity contribution >= 4 is 12.2 Å². The van der Waals surface area contributed by atoms with E-state index in [-0.39, 0.29) is 18.0 Å². The van der Waals surface area contributed by atoms with Gasteiger partial charge >= 0.3 is 6.09 Å². The quantitative estimate of drug-likeness (QED) is 0.484. The van der Waals surface area contributed by atoms with Crippen LogP contribution in [-0.4, -0.2) is 28.7 Å². The minimum absolute atomic E-state index is 0.169. The number of nitrogens with one attached hydrogen (secondary N) is 2. The second-order valence-corrected chi connectivity index (χ2v) is 9.31. The standard InChI is InChI=1S/C28H30FN3O2/c1-2-34-28(33)32-24-9-10-25-20(14-24)12-21-15-30-17-27(21)26(25)11-8-23-7-6-19(16-31-23)18-4-3-5-22(29)13-18/h3-8,11,13,15-17,20,24-26,30H,2,9-10,12,14H2,1H3,(H,32,33)/t20-,24-,25-,26+/m1/s1. The number of carbonyl (C=O) groups is 1. The number of halogens is 1. The topological polar surface area (TPSA) is 67.0 Å². The van der Waals surface area contributed by atoms with Crippen molar-refractivity contribution in [2.45, 2.75) is 44.6 Å². The van der Waals surface area contributed by atoms with E-state index in [0.717, 1.165) is 42.5 Å². The fourth-order valence-electron chi connectivity index (χ4n) is 5.67. The highest BCUT2D eigenvalue weighted by molar-refractivity contribution is 5.67. The maximum Gasteiger partial charge on any atom is 0.407 e. The molecule has 0 unspecified atom stereocenters. The molecule has 2 aromatic heterocycles. The molecule has 1 fully saturated rings. The number of allylic oxidation sites excluding steroid dienone is 1. The van der Waals surface area contributed by atoms with Gasteiger partial charge in [-0.3, -0.25) is 4.98 Å². The van der Waals surface area contributed by atoms with Gasteiger partial charge in [0.25, 0.3) is 0 Å². The average Bonchev–Trinajstić information content (AvgIpc) is 3.30. The molecular weight excluding hydrogens is 429 g/mol. The van der Waals surface area contributed by atoms with Crippen LogP contribution in [0.5, 0.6) is 0 Å². The fraction of sp³-hybridized carbons (Fsp3) is 0.357. The summed E-state index contributed by atoms with van der Waals surface area (Å²) in [6.45, 7) is 2.22. The number of carbonyl (C=O) groups excluding carboxylic acids is 1. The number of hydrogen-bond donors (Lipinski definition) is 2. The van der Waals surface area contributed by atoms with Gasteiger partial charge in [-0.1, -0.05) is 24.3 Å². The summed E-state index contributed by atoms with van der Waals surface area (Å²) in [5.41, 5.74) is 5.34. The molecule has 2 aliphatic carbocycles. The van der Waals surface area contributed by atoms with Gasteiger partial charge in [0.1, 0.15) is 5.82 Å². The highest BCUT2D eigenvalue weighted by Gasteiger charge is 2.40. The van der Waals surface area contributed by atoms with E-state index in [1.807, 2.05) is 25.1 Å². The van der Waals surface area contributed by atoms with Gasteiger partial charge in [0.05, 0.1) is 12.3 Å². The number of fused-ring (bicyclic) bond motifs is 2. The first-order chi connectivity index (χ1) is 16.6. The van der Waals surface area contributed by atoms with Gasteiger partial charge < -0.3 is 15.0 Å². The van der Waals surface area contributed by atoms with E-state index in [2.05, 4.69) is 39.8 Å². The second-order valence-electron chi connectivity index (χ2n) is 9.31. The van der Waals surface area contributed by atoms with Gasteiger partial charge in [-0.05, 0) is 85.4 Å². The molecule has 4 atom stereocenters. The van der Waals surface area contributed by atoms with Crippen molar-refractivity contribution in [3.05, 3.63) is 83.7 Å². The number of aromatic nitrogens is 2. The fourth-order valence-corrected chi connectivity index (χ4v) is 5.67. The highest BCUT2D eigenvalue weighted by atomic mass is 19.1. The van der Waals surface area contributed by atoms with E-state index in [9.17, 15) is 9.18 Å². The molecular formula is C28H30FN3O2. The summed E-state index contributed by atoms with van der Waals surface area (Å²) in [7, 11) is 0. The number of hydrogen-bond acceptors (Lipinski definition) is 3. The predicted octanol–water partition coefficient (Wildman–Crippen LogP) is 6.10. The van der Waals surface area contributed by atoms with Gasteiger partial charge in [-0.2, -0.15) is 0 Å². The third-order valence-corrected chi connectivity index (χ3v) is 7.23. The summed E-state index contributed by atoms with van der Waals surface area (Å²) < 4.78 is 18.6. The van der Waals surface area contributed by atoms with Crippen LogP contribution in [0.4, 0.5) is 9.18 Å². The molecule has 5 nitrogen and oxygen atoms in total. The summed E-state index contributed by atoms with van der Waals surface area (Å²) in [6.07, 6.45) is 14.1. The summed E-state index contributed by atoms with van der Waals surface area (Å²) in [5, 5.41) is 3.05. The summed E-state index contributed by atoms with van der Waals surface area (Å²) in [5.74, 6) is 1.12. The Bertz CT molecular complexity index is 1170. The molecule has 1 aromatic carbocycles. The van der Waals surface area contributed by atoms with Crippen LogP contribution in [-0.2, 0) is 11.2 Å². The van der Waals surface area contributed by atoms with E-state index in [1.54, 1.807) is 12.3 Å². The summed E-state index contributed by atoms with van der Waals surface area (Å²) in [4.78, 5) is 19.8. The summed E-state index contributed by atoms with van der Waals surface area (Å²) >= 11 is 0. The van der Waals surface area contributed by atoms with Crippen molar-refractivity contribution in [2.75, 3.05) is 6.61 Å². The Hall–Kier alpha value is -3.41. The zero-order valence-electron chi connectivity index (χ0n) is 19.3. The molecule has 0 radical (unpaired) electrons. The van der Waals surface area contributed by atoms with Crippen LogP contribution < -0.4 is 5.32 Å². The van der Waals surface area contributed by atoms with Crippen LogP contribution >= 0.6 is 0 Å². The number of H-pyrrole nitrogens is 1. The molecule has 0 bridgehead atoms. The third kappa shape index (κ3) is 4.76. The van der Waals surface area contributed by atoms with Crippen molar-refractivity contribution in [3.63, 3.8) is 0 Å². The second kappa shape index (κ2) is 9.84. The first-order valence-electron chi connectivity index (χ1n) is 12.1. The maximum atomic E-state index is 13.5. The minimum atomic E-state index is -0.312. The highest BCUT2D eigenvalue weighted by Crippen LogP contribution is 2.47. The van der Waals surface area contributed by atoms with Gasteiger partial charge in [0, 0.05) is 36.1 Å². The van der Waals surface area contributed by atoms with E-state index in [0.29, 0.717) is 24.4 Å². The van der Waals surface area contributed by atoms with Crippen molar-refractivity contribution < 1.29 is 13.9 Å². The van der Waals surface area contributed by atoms with Crippen LogP contribution in [0, 0.1) is 17.7 Å². The van der Waals surface area contributed by atoms with Crippen LogP contribution in [0.25, 0.3) is 17.2 Å². The predicted molar refractivity (Wildman–Crippen MR) is 131 cm³/mol. The molecule has 5 rings (SSSR count). The molecule has 176 valence electrons. The van der Waals surface area contributed by atoms with E-state index in [4.69, 9.17) is 4.74 Å². The summed E-state index contributed by atoms with van der Waals surface area (Å²) in [6, 6.07) is 10.7. The Morgan fingerprint density at radius 1 is 1.24 bits per heavy atom. The molecule has 6 heteroatoms. The number of ether oxygens (including phenoxy) is 1. The maximum absolute atomic E-state index is 13.5. The molecule has 0 aliphatic heterocycles. The van der Waals surface area contributed by atoms with E-state index >= 15 is 0 Å². The SMILES string of the molecule is CCOC(=O)N[C@@H]1CC[C@@H]2[C@H](Cc3c[nH]cc3[C@H]2C=Cc2ccc(-c3cccc(F)c3)cn2)C1. The molecule has 1 amide bonds. The van der Waals surface area contributed by atoms with Crippen LogP contribution in [0.15, 0.2) is 61.1 Å². The number of amides is 1. The Kier molecular flexibility index (Phi) is 6.48. The number of benzene rings is 1. The third-order valence-electron chi connectivity index (χ3n) is 7.23. The van der Waals surface area contributed by atoms with Crippen molar-refractivity contribution in [2.24, 2.45) is 11.8 Å². The molecule has 2 heterocycles. The number of pyridine rings is 1. The van der Waals surface area contributed by atoms with Crippen molar-refractivity contribution in [3.8, 4) is 11.1 Å². The molecule has 2 N–H and O–H groups in total. The lowest BCUT2D eigenvalue weighted by Crippen LogP contribution is -2.43. The Balaban J connectivity index is 1.32. The average molecular weight is 460 g/mol. The molecule has 1 saturated carbocycles. The first-order valence-corrected chi connectivity index (χ1v) is 12.1. The Labute approximate surface area is 199 Å². The molecule has 34 heavy (non-hydrogen) atoms. The Morgan fingerprint density at radius 2 is 2.15 bits per heavy atom. The van der Waals surface area contributed by atoms with Gasteiger partial charge in [-0.15, -0.1) is 0 Å². The smallest absolute Gasteiger partial charge is 0.407 e. The van der Waals surface area contributed by atoms with Crippen molar-refractivity contribution in [1.29, 1.82) is 0 Å². The van der Waals surface area contributed by atoms with E-state index in [1.165, 1.54) is 23.3 Å². The molecule has 0 spiro atoms. The lowest BCUT2D eigenvalue weighted by Gasteiger charge is -2.43. The zero-order chi connectivity index (χ0) is 23.5. The van der Waals surface area contributed by atoms with Gasteiger partial charge in [0.15, 0.2) is 0 Å². The van der Waals surface area contributed by atoms with Crippen LogP contribution in [0.2, 0.25) is 0 Å².